The van der Waals surface area contributed by atoms with Crippen molar-refractivity contribution < 1.29 is 8.78 Å². The Morgan fingerprint density at radius 2 is 2.04 bits per heavy atom. The highest BCUT2D eigenvalue weighted by molar-refractivity contribution is 7.14. The summed E-state index contributed by atoms with van der Waals surface area (Å²) < 4.78 is 28.1. The van der Waals surface area contributed by atoms with Gasteiger partial charge in [0.1, 0.15) is 21.5 Å². The number of rotatable bonds is 3. The van der Waals surface area contributed by atoms with Gasteiger partial charge in [-0.2, -0.15) is 0 Å². The summed E-state index contributed by atoms with van der Waals surface area (Å²) in [5.74, 6) is -1.49. The van der Waals surface area contributed by atoms with Gasteiger partial charge in [0.2, 0.25) is 0 Å². The van der Waals surface area contributed by atoms with Crippen LogP contribution in [0, 0.1) is 18.6 Å². The number of hydrogen-bond acceptors (Lipinski definition) is 9. The quantitative estimate of drug-likeness (QED) is 0.711. The van der Waals surface area contributed by atoms with Gasteiger partial charge in [0.05, 0.1) is 5.56 Å². The van der Waals surface area contributed by atoms with Gasteiger partial charge < -0.3 is 5.73 Å². The molecule has 0 aliphatic carbocycles. The number of nitrogens with one attached hydrogen (secondary N) is 1. The van der Waals surface area contributed by atoms with Crippen molar-refractivity contribution in [2.24, 2.45) is 5.10 Å². The Kier molecular flexibility index (Phi) is 4.16. The van der Waals surface area contributed by atoms with Gasteiger partial charge in [-0.15, -0.1) is 20.4 Å². The second-order valence-corrected chi connectivity index (χ2v) is 6.91. The van der Waals surface area contributed by atoms with E-state index in [9.17, 15) is 8.78 Å². The number of hydrazone groups is 1. The van der Waals surface area contributed by atoms with Crippen molar-refractivity contribution in [1.82, 2.24) is 25.8 Å². The Morgan fingerprint density at radius 3 is 2.78 bits per heavy atom. The second kappa shape index (κ2) is 6.52. The Hall–Kier alpha value is -3.18. The summed E-state index contributed by atoms with van der Waals surface area (Å²) in [6.07, 6.45) is 1.58. The van der Waals surface area contributed by atoms with Crippen molar-refractivity contribution in [3.05, 3.63) is 52.7 Å². The molecule has 0 radical (unpaired) electrons. The topological polar surface area (TPSA) is 95.6 Å². The lowest BCUT2D eigenvalue weighted by atomic mass is 10.1. The molecule has 3 heterocycles. The fourth-order valence-corrected chi connectivity index (χ4v) is 3.32. The molecule has 1 aliphatic heterocycles. The van der Waals surface area contributed by atoms with E-state index in [1.165, 1.54) is 33.6 Å². The Labute approximate surface area is 156 Å². The first-order valence-electron chi connectivity index (χ1n) is 7.83. The van der Waals surface area contributed by atoms with E-state index in [4.69, 9.17) is 5.73 Å². The molecule has 0 unspecified atom stereocenters. The normalized spacial score (nSPS) is 14.4. The Balaban J connectivity index is 1.81. The Morgan fingerprint density at radius 1 is 1.22 bits per heavy atom. The van der Waals surface area contributed by atoms with Gasteiger partial charge >= 0.3 is 0 Å². The summed E-state index contributed by atoms with van der Waals surface area (Å²) in [6, 6.07) is 5.65. The third-order valence-electron chi connectivity index (χ3n) is 3.89. The van der Waals surface area contributed by atoms with Gasteiger partial charge in [0, 0.05) is 18.8 Å². The van der Waals surface area contributed by atoms with Crippen LogP contribution in [0.5, 0.6) is 0 Å². The SMILES string of the molecule is Cc1nnc(-c2cnc(N)c(C3=NNN(C)N3c3cccc(F)c3F)c2)s1. The number of hydrogen-bond donors (Lipinski definition) is 2. The zero-order valence-corrected chi connectivity index (χ0v) is 15.1. The lowest BCUT2D eigenvalue weighted by molar-refractivity contribution is 0.275. The number of pyridine rings is 1. The molecule has 0 saturated carbocycles. The highest BCUT2D eigenvalue weighted by Gasteiger charge is 2.30. The van der Waals surface area contributed by atoms with Crippen LogP contribution in [0.15, 0.2) is 35.6 Å². The van der Waals surface area contributed by atoms with Crippen molar-refractivity contribution >= 4 is 28.7 Å². The molecule has 0 atom stereocenters. The average molecular weight is 388 g/mol. The van der Waals surface area contributed by atoms with E-state index in [1.807, 2.05) is 6.92 Å². The number of aromatic nitrogens is 3. The number of anilines is 2. The highest BCUT2D eigenvalue weighted by atomic mass is 32.1. The predicted molar refractivity (Wildman–Crippen MR) is 98.6 cm³/mol. The van der Waals surface area contributed by atoms with Crippen molar-refractivity contribution in [1.29, 1.82) is 0 Å². The van der Waals surface area contributed by atoms with E-state index < -0.39 is 11.6 Å². The summed E-state index contributed by atoms with van der Waals surface area (Å²) in [6.45, 7) is 1.85. The van der Waals surface area contributed by atoms with Crippen LogP contribution in [0.1, 0.15) is 10.6 Å². The molecule has 4 rings (SSSR count). The summed E-state index contributed by atoms with van der Waals surface area (Å²) in [5, 5.41) is 16.6. The molecule has 1 aromatic carbocycles. The molecule has 0 spiro atoms. The van der Waals surface area contributed by atoms with E-state index in [2.05, 4.69) is 25.8 Å². The lowest BCUT2D eigenvalue weighted by Gasteiger charge is -2.26. The maximum Gasteiger partial charge on any atom is 0.184 e. The first-order valence-corrected chi connectivity index (χ1v) is 8.65. The highest BCUT2D eigenvalue weighted by Crippen LogP contribution is 2.30. The van der Waals surface area contributed by atoms with Crippen molar-refractivity contribution in [3.8, 4) is 10.6 Å². The number of benzene rings is 1. The molecule has 138 valence electrons. The molecule has 0 saturated heterocycles. The van der Waals surface area contributed by atoms with Crippen LogP contribution in [-0.4, -0.2) is 33.2 Å². The molecule has 27 heavy (non-hydrogen) atoms. The van der Waals surface area contributed by atoms with Crippen molar-refractivity contribution in [2.75, 3.05) is 17.8 Å². The number of halogens is 2. The van der Waals surface area contributed by atoms with E-state index in [1.54, 1.807) is 19.3 Å². The van der Waals surface area contributed by atoms with Crippen LogP contribution < -0.4 is 16.3 Å². The molecule has 2 aromatic heterocycles. The molecular weight excluding hydrogens is 374 g/mol. The summed E-state index contributed by atoms with van der Waals surface area (Å²) >= 11 is 1.41. The van der Waals surface area contributed by atoms with Crippen LogP contribution >= 0.6 is 11.3 Å². The minimum Gasteiger partial charge on any atom is -0.383 e. The maximum absolute atomic E-state index is 14.4. The van der Waals surface area contributed by atoms with Crippen LogP contribution in [0.25, 0.3) is 10.6 Å². The van der Waals surface area contributed by atoms with Gasteiger partial charge in [-0.05, 0) is 25.1 Å². The third-order valence-corrected chi connectivity index (χ3v) is 4.78. The number of nitrogens with zero attached hydrogens (tertiary/aromatic N) is 6. The fraction of sp³-hybridized carbons (Fsp3) is 0.125. The van der Waals surface area contributed by atoms with E-state index in [0.29, 0.717) is 16.1 Å². The van der Waals surface area contributed by atoms with E-state index >= 15 is 0 Å². The number of nitrogens with two attached hydrogens (primary N) is 1. The monoisotopic (exact) mass is 388 g/mol. The van der Waals surface area contributed by atoms with Gasteiger partial charge in [-0.25, -0.2) is 24.3 Å². The second-order valence-electron chi connectivity index (χ2n) is 5.73. The minimum atomic E-state index is -0.997. The van der Waals surface area contributed by atoms with E-state index in [0.717, 1.165) is 11.1 Å². The summed E-state index contributed by atoms with van der Waals surface area (Å²) in [5.41, 5.74) is 9.87. The molecule has 3 N–H and O–H groups in total. The van der Waals surface area contributed by atoms with Crippen LogP contribution in [0.4, 0.5) is 20.3 Å². The summed E-state index contributed by atoms with van der Waals surface area (Å²) in [7, 11) is 1.61. The van der Waals surface area contributed by atoms with Crippen LogP contribution in [0.3, 0.4) is 0 Å². The molecular formula is C16H14F2N8S. The zero-order valence-electron chi connectivity index (χ0n) is 14.3. The third kappa shape index (κ3) is 2.96. The summed E-state index contributed by atoms with van der Waals surface area (Å²) in [4.78, 5) is 4.20. The van der Waals surface area contributed by atoms with Crippen molar-refractivity contribution in [2.45, 2.75) is 6.92 Å². The molecule has 8 nitrogen and oxygen atoms in total. The fourth-order valence-electron chi connectivity index (χ4n) is 2.64. The smallest absolute Gasteiger partial charge is 0.184 e. The molecule has 1 aliphatic rings. The first kappa shape index (κ1) is 17.2. The predicted octanol–water partition coefficient (Wildman–Crippen LogP) is 2.30. The van der Waals surface area contributed by atoms with Gasteiger partial charge in [0.15, 0.2) is 17.5 Å². The maximum atomic E-state index is 14.4. The lowest BCUT2D eigenvalue weighted by Crippen LogP contribution is -2.44. The molecule has 11 heteroatoms. The largest absolute Gasteiger partial charge is 0.383 e. The van der Waals surface area contributed by atoms with Crippen LogP contribution in [0.2, 0.25) is 0 Å². The van der Waals surface area contributed by atoms with E-state index in [-0.39, 0.29) is 17.3 Å². The van der Waals surface area contributed by atoms with Gasteiger partial charge in [0.25, 0.3) is 0 Å². The number of hydrazine groups is 2. The minimum absolute atomic E-state index is 0.0159. The van der Waals surface area contributed by atoms with Crippen LogP contribution in [-0.2, 0) is 0 Å². The first-order chi connectivity index (χ1) is 13.0. The molecule has 0 bridgehead atoms. The average Bonchev–Trinajstić information content (AvgIpc) is 3.24. The molecule has 0 amide bonds. The Bertz CT molecular complexity index is 1050. The zero-order chi connectivity index (χ0) is 19.1. The molecule has 0 fully saturated rings. The van der Waals surface area contributed by atoms with Gasteiger partial charge in [-0.1, -0.05) is 17.4 Å². The van der Waals surface area contributed by atoms with Gasteiger partial charge in [-0.3, -0.25) is 0 Å². The number of aryl methyl sites for hydroxylation is 1. The number of amidine groups is 1. The number of nitrogen functional groups attached to an aromatic ring is 1. The standard InChI is InChI=1S/C16H14F2N8S/c1-8-21-23-16(27-8)9-6-10(14(19)20-7-9)15-22-24-25(2)26(15)12-5-3-4-11(17)13(12)18/h3-7,24H,1-2H3,(H2,19,20). The van der Waals surface area contributed by atoms with Crippen molar-refractivity contribution in [3.63, 3.8) is 0 Å². The molecule has 3 aromatic rings.